The fourth-order valence-electron chi connectivity index (χ4n) is 4.19. The number of nitrogens with zero attached hydrogens (tertiary/aromatic N) is 1. The lowest BCUT2D eigenvalue weighted by atomic mass is 9.98. The van der Waals surface area contributed by atoms with E-state index in [1.165, 1.54) is 11.3 Å². The maximum atomic E-state index is 12.5. The molecule has 1 aliphatic rings. The summed E-state index contributed by atoms with van der Waals surface area (Å²) in [7, 11) is 0. The van der Waals surface area contributed by atoms with Crippen LogP contribution in [0.3, 0.4) is 0 Å². The summed E-state index contributed by atoms with van der Waals surface area (Å²) < 4.78 is 6.35. The van der Waals surface area contributed by atoms with E-state index in [9.17, 15) is 14.7 Å². The number of ether oxygens (including phenoxy) is 1. The molecule has 0 bridgehead atoms. The number of alkyl carbamates (subject to hydrolysis) is 1. The van der Waals surface area contributed by atoms with Gasteiger partial charge in [-0.2, -0.15) is 0 Å². The number of thiazole rings is 1. The van der Waals surface area contributed by atoms with Crippen LogP contribution in [0.1, 0.15) is 22.1 Å². The Morgan fingerprint density at radius 2 is 1.73 bits per heavy atom. The minimum atomic E-state index is -1.16. The summed E-state index contributed by atoms with van der Waals surface area (Å²) in [4.78, 5) is 28.7. The average molecular weight is 479 g/mol. The third-order valence-electron chi connectivity index (χ3n) is 5.71. The van der Waals surface area contributed by atoms with Crippen LogP contribution in [-0.4, -0.2) is 34.8 Å². The Morgan fingerprint density at radius 3 is 2.39 bits per heavy atom. The highest BCUT2D eigenvalue weighted by molar-refractivity contribution is 7.18. The van der Waals surface area contributed by atoms with E-state index in [0.29, 0.717) is 10.0 Å². The largest absolute Gasteiger partial charge is 0.480 e. The zero-order valence-corrected chi connectivity index (χ0v) is 18.9. The van der Waals surface area contributed by atoms with Gasteiger partial charge in [-0.15, -0.1) is 11.3 Å². The molecule has 0 radical (unpaired) electrons. The highest BCUT2D eigenvalue weighted by Crippen LogP contribution is 2.44. The van der Waals surface area contributed by atoms with Gasteiger partial charge < -0.3 is 15.2 Å². The number of aromatic nitrogens is 1. The van der Waals surface area contributed by atoms with E-state index in [1.807, 2.05) is 36.4 Å². The number of carbonyl (C=O) groups excluding carboxylic acids is 1. The third-order valence-corrected chi connectivity index (χ3v) is 6.98. The number of hydrogen-bond acceptors (Lipinski definition) is 5. The molecule has 6 nitrogen and oxygen atoms in total. The van der Waals surface area contributed by atoms with Gasteiger partial charge in [-0.3, -0.25) is 0 Å². The average Bonchev–Trinajstić information content (AvgIpc) is 3.35. The third kappa shape index (κ3) is 4.29. The number of hydrogen-bond donors (Lipinski definition) is 2. The van der Waals surface area contributed by atoms with Gasteiger partial charge in [0, 0.05) is 17.4 Å². The predicted molar refractivity (Wildman–Crippen MR) is 128 cm³/mol. The molecule has 166 valence electrons. The molecule has 1 amide bonds. The first-order valence-corrected chi connectivity index (χ1v) is 11.6. The van der Waals surface area contributed by atoms with E-state index in [1.54, 1.807) is 18.2 Å². The first kappa shape index (κ1) is 21.4. The number of benzene rings is 3. The minimum Gasteiger partial charge on any atom is -0.480 e. The maximum absolute atomic E-state index is 12.5. The van der Waals surface area contributed by atoms with Crippen LogP contribution >= 0.6 is 22.9 Å². The number of rotatable bonds is 6. The summed E-state index contributed by atoms with van der Waals surface area (Å²) >= 11 is 7.37. The molecule has 4 aromatic rings. The van der Waals surface area contributed by atoms with Gasteiger partial charge in [0.25, 0.3) is 0 Å². The Hall–Kier alpha value is -3.42. The molecule has 1 aliphatic carbocycles. The van der Waals surface area contributed by atoms with E-state index in [2.05, 4.69) is 22.4 Å². The van der Waals surface area contributed by atoms with E-state index in [4.69, 9.17) is 16.3 Å². The second kappa shape index (κ2) is 8.84. The summed E-state index contributed by atoms with van der Waals surface area (Å²) in [6.07, 6.45) is -0.718. The number of amides is 1. The lowest BCUT2D eigenvalue weighted by molar-refractivity contribution is -0.139. The van der Waals surface area contributed by atoms with Crippen LogP contribution in [0.15, 0.2) is 66.7 Å². The number of halogens is 1. The summed E-state index contributed by atoms with van der Waals surface area (Å²) in [6.45, 7) is 0.117. The molecule has 0 fully saturated rings. The van der Waals surface area contributed by atoms with Crippen LogP contribution in [0.4, 0.5) is 4.79 Å². The van der Waals surface area contributed by atoms with Crippen LogP contribution in [0.25, 0.3) is 21.3 Å². The summed E-state index contributed by atoms with van der Waals surface area (Å²) in [5.74, 6) is -1.25. The smallest absolute Gasteiger partial charge is 0.407 e. The van der Waals surface area contributed by atoms with Gasteiger partial charge in [0.1, 0.15) is 12.6 Å². The number of carbonyl (C=O) groups is 2. The van der Waals surface area contributed by atoms with E-state index in [-0.39, 0.29) is 18.9 Å². The van der Waals surface area contributed by atoms with Crippen molar-refractivity contribution in [1.82, 2.24) is 10.3 Å². The molecule has 1 heterocycles. The Kier molecular flexibility index (Phi) is 5.74. The maximum Gasteiger partial charge on any atom is 0.407 e. The van der Waals surface area contributed by atoms with Crippen molar-refractivity contribution in [3.63, 3.8) is 0 Å². The molecule has 5 rings (SSSR count). The van der Waals surface area contributed by atoms with Crippen molar-refractivity contribution in [2.75, 3.05) is 6.61 Å². The van der Waals surface area contributed by atoms with Crippen LogP contribution in [0, 0.1) is 0 Å². The van der Waals surface area contributed by atoms with Crippen LogP contribution in [-0.2, 0) is 16.0 Å². The van der Waals surface area contributed by atoms with Crippen molar-refractivity contribution in [3.05, 3.63) is 87.9 Å². The monoisotopic (exact) mass is 478 g/mol. The van der Waals surface area contributed by atoms with Gasteiger partial charge in [-0.25, -0.2) is 14.6 Å². The van der Waals surface area contributed by atoms with Crippen LogP contribution in [0.5, 0.6) is 0 Å². The Labute approximate surface area is 198 Å². The molecule has 0 saturated carbocycles. The summed E-state index contributed by atoms with van der Waals surface area (Å²) in [5.41, 5.74) is 5.18. The quantitative estimate of drug-likeness (QED) is 0.383. The lowest BCUT2D eigenvalue weighted by Crippen LogP contribution is -2.42. The molecule has 1 atom stereocenters. The Bertz CT molecular complexity index is 1320. The Morgan fingerprint density at radius 1 is 1.06 bits per heavy atom. The van der Waals surface area contributed by atoms with E-state index >= 15 is 0 Å². The Balaban J connectivity index is 1.27. The standard InChI is InChI=1S/C25H19ClN2O4S/c26-14-9-10-20-22(11-14)33-23(27-20)12-21(24(29)30)28-25(31)32-13-19-17-7-3-1-5-15(17)16-6-2-4-8-18(16)19/h1-11,19,21H,12-13H2,(H,28,31)(H,29,30). The highest BCUT2D eigenvalue weighted by atomic mass is 35.5. The topological polar surface area (TPSA) is 88.5 Å². The molecule has 1 unspecified atom stereocenters. The number of nitrogens with one attached hydrogen (secondary N) is 1. The molecule has 2 N–H and O–H groups in total. The predicted octanol–water partition coefficient (Wildman–Crippen LogP) is 5.48. The molecule has 0 aliphatic heterocycles. The molecule has 1 aromatic heterocycles. The first-order chi connectivity index (χ1) is 16.0. The van der Waals surface area contributed by atoms with Gasteiger partial charge in [0.15, 0.2) is 0 Å². The van der Waals surface area contributed by atoms with Crippen molar-refractivity contribution in [2.24, 2.45) is 0 Å². The molecule has 0 spiro atoms. The normalized spacial score (nSPS) is 13.4. The van der Waals surface area contributed by atoms with Gasteiger partial charge in [0.05, 0.1) is 15.2 Å². The zero-order chi connectivity index (χ0) is 22.9. The van der Waals surface area contributed by atoms with Crippen molar-refractivity contribution in [1.29, 1.82) is 0 Å². The highest BCUT2D eigenvalue weighted by Gasteiger charge is 2.30. The fourth-order valence-corrected chi connectivity index (χ4v) is 5.48. The summed E-state index contributed by atoms with van der Waals surface area (Å²) in [5, 5.41) is 13.3. The van der Waals surface area contributed by atoms with E-state index < -0.39 is 18.1 Å². The van der Waals surface area contributed by atoms with Gasteiger partial charge >= 0.3 is 12.1 Å². The molecule has 0 saturated heterocycles. The number of fused-ring (bicyclic) bond motifs is 4. The van der Waals surface area contributed by atoms with E-state index in [0.717, 1.165) is 32.5 Å². The lowest BCUT2D eigenvalue weighted by Gasteiger charge is -2.17. The SMILES string of the molecule is O=C(NC(Cc1nc2ccc(Cl)cc2s1)C(=O)O)OCC1c2ccccc2-c2ccccc21. The fraction of sp³-hybridized carbons (Fsp3) is 0.160. The van der Waals surface area contributed by atoms with Crippen molar-refractivity contribution in [2.45, 2.75) is 18.4 Å². The van der Waals surface area contributed by atoms with Crippen LogP contribution < -0.4 is 5.32 Å². The molecular formula is C25H19ClN2O4S. The zero-order valence-electron chi connectivity index (χ0n) is 17.3. The number of carboxylic acid groups (broad SMARTS) is 1. The van der Waals surface area contributed by atoms with Crippen molar-refractivity contribution < 1.29 is 19.4 Å². The van der Waals surface area contributed by atoms with Gasteiger partial charge in [-0.1, -0.05) is 60.1 Å². The summed E-state index contributed by atoms with van der Waals surface area (Å²) in [6, 6.07) is 20.2. The van der Waals surface area contributed by atoms with Crippen molar-refractivity contribution >= 4 is 45.2 Å². The number of aliphatic carboxylic acids is 1. The molecule has 3 aromatic carbocycles. The first-order valence-electron chi connectivity index (χ1n) is 10.4. The van der Waals surface area contributed by atoms with Crippen LogP contribution in [0.2, 0.25) is 5.02 Å². The van der Waals surface area contributed by atoms with Crippen molar-refractivity contribution in [3.8, 4) is 11.1 Å². The molecule has 33 heavy (non-hydrogen) atoms. The molecular weight excluding hydrogens is 460 g/mol. The second-order valence-electron chi connectivity index (χ2n) is 7.78. The van der Waals surface area contributed by atoms with Gasteiger partial charge in [-0.05, 0) is 40.5 Å². The second-order valence-corrected chi connectivity index (χ2v) is 9.34. The molecule has 8 heteroatoms. The number of carboxylic acids is 1. The minimum absolute atomic E-state index is 0.0521. The van der Waals surface area contributed by atoms with Gasteiger partial charge in [0.2, 0.25) is 0 Å².